The Kier molecular flexibility index (Phi) is 3.17. The molecule has 1 amide bonds. The van der Waals surface area contributed by atoms with E-state index in [0.29, 0.717) is 17.3 Å². The fourth-order valence-corrected chi connectivity index (χ4v) is 1.37. The van der Waals surface area contributed by atoms with Gasteiger partial charge < -0.3 is 15.6 Å². The minimum Gasteiger partial charge on any atom is -0.397 e. The van der Waals surface area contributed by atoms with Crippen molar-refractivity contribution in [3.8, 4) is 0 Å². The van der Waals surface area contributed by atoms with Gasteiger partial charge in [0.05, 0.1) is 0 Å². The molecule has 1 rings (SSSR count). The second kappa shape index (κ2) is 4.17. The number of nitrogens with two attached hydrogens (primary N) is 1. The smallest absolute Gasteiger partial charge is 0.270 e. The van der Waals surface area contributed by atoms with Crippen molar-refractivity contribution < 1.29 is 4.79 Å². The number of aromatic amines is 1. The number of anilines is 1. The zero-order valence-electron chi connectivity index (χ0n) is 8.87. The van der Waals surface area contributed by atoms with Crippen LogP contribution in [0.5, 0.6) is 0 Å². The van der Waals surface area contributed by atoms with Gasteiger partial charge in [-0.05, 0) is 12.0 Å². The van der Waals surface area contributed by atoms with Crippen LogP contribution in [0, 0.1) is 5.92 Å². The highest BCUT2D eigenvalue weighted by Crippen LogP contribution is 2.08. The molecule has 78 valence electrons. The van der Waals surface area contributed by atoms with E-state index >= 15 is 0 Å². The minimum atomic E-state index is -0.0181. The Balaban J connectivity index is 2.65. The summed E-state index contributed by atoms with van der Waals surface area (Å²) >= 11 is 0. The number of carbonyl (C=O) groups is 1. The quantitative estimate of drug-likeness (QED) is 0.764. The van der Waals surface area contributed by atoms with E-state index in [-0.39, 0.29) is 5.91 Å². The average Bonchev–Trinajstić information content (AvgIpc) is 2.49. The zero-order chi connectivity index (χ0) is 10.7. The first-order valence-electron chi connectivity index (χ1n) is 4.70. The van der Waals surface area contributed by atoms with Crippen LogP contribution in [0.25, 0.3) is 0 Å². The fourth-order valence-electron chi connectivity index (χ4n) is 1.37. The molecule has 0 saturated heterocycles. The molecule has 1 aromatic heterocycles. The largest absolute Gasteiger partial charge is 0.397 e. The Hall–Kier alpha value is -1.45. The predicted molar refractivity (Wildman–Crippen MR) is 57.0 cm³/mol. The lowest BCUT2D eigenvalue weighted by Crippen LogP contribution is -2.30. The van der Waals surface area contributed by atoms with Crippen molar-refractivity contribution in [3.63, 3.8) is 0 Å². The van der Waals surface area contributed by atoms with Gasteiger partial charge in [-0.3, -0.25) is 4.79 Å². The van der Waals surface area contributed by atoms with Crippen molar-refractivity contribution in [2.24, 2.45) is 5.92 Å². The number of aromatic nitrogens is 1. The van der Waals surface area contributed by atoms with Crippen LogP contribution < -0.4 is 5.73 Å². The Morgan fingerprint density at radius 1 is 1.64 bits per heavy atom. The summed E-state index contributed by atoms with van der Waals surface area (Å²) in [4.78, 5) is 16.3. The molecule has 0 aromatic carbocycles. The van der Waals surface area contributed by atoms with Crippen LogP contribution in [-0.2, 0) is 0 Å². The summed E-state index contributed by atoms with van der Waals surface area (Å²) in [6.45, 7) is 4.90. The van der Waals surface area contributed by atoms with E-state index in [2.05, 4.69) is 18.8 Å². The molecule has 0 bridgehead atoms. The van der Waals surface area contributed by atoms with Crippen LogP contribution in [-0.4, -0.2) is 29.4 Å². The second-order valence-corrected chi connectivity index (χ2v) is 3.93. The highest BCUT2D eigenvalue weighted by Gasteiger charge is 2.13. The molecule has 14 heavy (non-hydrogen) atoms. The summed E-state index contributed by atoms with van der Waals surface area (Å²) in [5.74, 6) is 0.451. The van der Waals surface area contributed by atoms with Crippen molar-refractivity contribution in [1.82, 2.24) is 9.88 Å². The first-order valence-corrected chi connectivity index (χ1v) is 4.70. The molecule has 0 spiro atoms. The fraction of sp³-hybridized carbons (Fsp3) is 0.500. The van der Waals surface area contributed by atoms with Gasteiger partial charge in [-0.25, -0.2) is 0 Å². The Bertz CT molecular complexity index is 317. The Labute approximate surface area is 84.1 Å². The molecule has 0 atom stereocenters. The number of hydrogen-bond acceptors (Lipinski definition) is 2. The second-order valence-electron chi connectivity index (χ2n) is 3.93. The average molecular weight is 195 g/mol. The molecular weight excluding hydrogens is 178 g/mol. The van der Waals surface area contributed by atoms with Gasteiger partial charge in [0, 0.05) is 25.5 Å². The van der Waals surface area contributed by atoms with Gasteiger partial charge >= 0.3 is 0 Å². The van der Waals surface area contributed by atoms with Gasteiger partial charge in [-0.15, -0.1) is 0 Å². The lowest BCUT2D eigenvalue weighted by atomic mass is 10.2. The minimum absolute atomic E-state index is 0.0181. The van der Waals surface area contributed by atoms with Crippen molar-refractivity contribution in [2.45, 2.75) is 13.8 Å². The maximum absolute atomic E-state index is 11.7. The van der Waals surface area contributed by atoms with Gasteiger partial charge in [-0.1, -0.05) is 13.8 Å². The third-order valence-electron chi connectivity index (χ3n) is 1.92. The summed E-state index contributed by atoms with van der Waals surface area (Å²) in [6, 6.07) is 1.65. The van der Waals surface area contributed by atoms with Crippen molar-refractivity contribution in [1.29, 1.82) is 0 Å². The van der Waals surface area contributed by atoms with Crippen LogP contribution in [0.1, 0.15) is 24.3 Å². The molecule has 0 aliphatic rings. The van der Waals surface area contributed by atoms with E-state index in [1.54, 1.807) is 24.2 Å². The standard InChI is InChI=1S/C10H17N3O/c1-7(2)6-13(3)10(14)9-4-8(11)5-12-9/h4-5,7,12H,6,11H2,1-3H3. The number of nitrogen functional groups attached to an aromatic ring is 1. The first kappa shape index (κ1) is 10.6. The van der Waals surface area contributed by atoms with Crippen molar-refractivity contribution >= 4 is 11.6 Å². The zero-order valence-corrected chi connectivity index (χ0v) is 8.87. The van der Waals surface area contributed by atoms with Crippen molar-refractivity contribution in [3.05, 3.63) is 18.0 Å². The molecule has 4 nitrogen and oxygen atoms in total. The number of H-pyrrole nitrogens is 1. The number of nitrogens with zero attached hydrogens (tertiary/aromatic N) is 1. The number of nitrogens with one attached hydrogen (secondary N) is 1. The predicted octanol–water partition coefficient (Wildman–Crippen LogP) is 1.32. The van der Waals surface area contributed by atoms with Crippen LogP contribution in [0.15, 0.2) is 12.3 Å². The highest BCUT2D eigenvalue weighted by molar-refractivity contribution is 5.93. The lowest BCUT2D eigenvalue weighted by Gasteiger charge is -2.18. The molecule has 3 N–H and O–H groups in total. The van der Waals surface area contributed by atoms with Crippen LogP contribution in [0.4, 0.5) is 5.69 Å². The normalized spacial score (nSPS) is 10.6. The lowest BCUT2D eigenvalue weighted by molar-refractivity contribution is 0.0774. The number of hydrogen-bond donors (Lipinski definition) is 2. The molecule has 0 aliphatic heterocycles. The van der Waals surface area contributed by atoms with E-state index < -0.39 is 0 Å². The summed E-state index contributed by atoms with van der Waals surface area (Å²) in [5, 5.41) is 0. The van der Waals surface area contributed by atoms with E-state index in [1.807, 2.05) is 0 Å². The maximum atomic E-state index is 11.7. The Morgan fingerprint density at radius 3 is 2.71 bits per heavy atom. The molecule has 0 aliphatic carbocycles. The third-order valence-corrected chi connectivity index (χ3v) is 1.92. The number of amides is 1. The molecule has 0 radical (unpaired) electrons. The summed E-state index contributed by atoms with van der Waals surface area (Å²) in [6.07, 6.45) is 1.62. The molecule has 4 heteroatoms. The van der Waals surface area contributed by atoms with Gasteiger partial charge in [-0.2, -0.15) is 0 Å². The summed E-state index contributed by atoms with van der Waals surface area (Å²) in [5.41, 5.74) is 6.65. The molecule has 1 aromatic rings. The number of rotatable bonds is 3. The SMILES string of the molecule is CC(C)CN(C)C(=O)c1cc(N)c[nH]1. The van der Waals surface area contributed by atoms with Gasteiger partial charge in [0.15, 0.2) is 0 Å². The molecule has 0 unspecified atom stereocenters. The van der Waals surface area contributed by atoms with E-state index in [4.69, 9.17) is 5.73 Å². The van der Waals surface area contributed by atoms with Gasteiger partial charge in [0.25, 0.3) is 5.91 Å². The first-order chi connectivity index (χ1) is 6.50. The monoisotopic (exact) mass is 195 g/mol. The van der Waals surface area contributed by atoms with E-state index in [9.17, 15) is 4.79 Å². The third kappa shape index (κ3) is 2.52. The topological polar surface area (TPSA) is 62.1 Å². The summed E-state index contributed by atoms with van der Waals surface area (Å²) < 4.78 is 0. The van der Waals surface area contributed by atoms with Crippen LogP contribution in [0.2, 0.25) is 0 Å². The van der Waals surface area contributed by atoms with Crippen LogP contribution in [0.3, 0.4) is 0 Å². The molecule has 0 saturated carbocycles. The molecule has 1 heterocycles. The molecular formula is C10H17N3O. The van der Waals surface area contributed by atoms with Gasteiger partial charge in [0.1, 0.15) is 5.69 Å². The number of carbonyl (C=O) groups excluding carboxylic acids is 1. The maximum Gasteiger partial charge on any atom is 0.270 e. The van der Waals surface area contributed by atoms with Crippen molar-refractivity contribution in [2.75, 3.05) is 19.3 Å². The van der Waals surface area contributed by atoms with E-state index in [1.165, 1.54) is 0 Å². The van der Waals surface area contributed by atoms with Crippen LogP contribution >= 0.6 is 0 Å². The Morgan fingerprint density at radius 2 is 2.29 bits per heavy atom. The highest BCUT2D eigenvalue weighted by atomic mass is 16.2. The van der Waals surface area contributed by atoms with E-state index in [0.717, 1.165) is 6.54 Å². The summed E-state index contributed by atoms with van der Waals surface area (Å²) in [7, 11) is 1.79. The van der Waals surface area contributed by atoms with Gasteiger partial charge in [0.2, 0.25) is 0 Å². The molecule has 0 fully saturated rings.